The van der Waals surface area contributed by atoms with Crippen LogP contribution in [0.3, 0.4) is 0 Å². The van der Waals surface area contributed by atoms with Crippen LogP contribution in [0.1, 0.15) is 16.1 Å². The molecule has 0 aliphatic carbocycles. The Hall–Kier alpha value is -3.40. The lowest BCUT2D eigenvalue weighted by Gasteiger charge is -2.10. The first-order valence-corrected chi connectivity index (χ1v) is 8.25. The fourth-order valence-corrected chi connectivity index (χ4v) is 2.47. The van der Waals surface area contributed by atoms with Gasteiger partial charge in [0.15, 0.2) is 17.9 Å². The number of pyridine rings is 1. The molecule has 0 saturated carbocycles. The molecule has 7 nitrogen and oxygen atoms in total. The van der Waals surface area contributed by atoms with Gasteiger partial charge in [-0.05, 0) is 18.2 Å². The van der Waals surface area contributed by atoms with E-state index in [1.165, 1.54) is 12.1 Å². The Kier molecular flexibility index (Phi) is 5.55. The van der Waals surface area contributed by atoms with Crippen molar-refractivity contribution in [3.05, 3.63) is 69.2 Å². The highest BCUT2D eigenvalue weighted by Gasteiger charge is 2.31. The van der Waals surface area contributed by atoms with E-state index in [4.69, 9.17) is 20.8 Å². The number of ether oxygens (including phenoxy) is 1. The standard InChI is InChI=1S/C18H10ClF3N2O5/c19-11-5-9(18(20,21)22)7-23-16(11)24-15(26)8-28-17(27)14-6-12(25)10-3-1-2-4-13(10)29-14/h1-7H,8H2,(H,23,24,26). The van der Waals surface area contributed by atoms with E-state index >= 15 is 0 Å². The highest BCUT2D eigenvalue weighted by molar-refractivity contribution is 6.33. The molecule has 29 heavy (non-hydrogen) atoms. The van der Waals surface area contributed by atoms with Crippen LogP contribution in [0.4, 0.5) is 19.0 Å². The van der Waals surface area contributed by atoms with Crippen molar-refractivity contribution in [1.29, 1.82) is 0 Å². The van der Waals surface area contributed by atoms with E-state index in [2.05, 4.69) is 10.3 Å². The van der Waals surface area contributed by atoms with Crippen LogP contribution in [-0.2, 0) is 15.7 Å². The van der Waals surface area contributed by atoms with Gasteiger partial charge in [0.05, 0.1) is 16.0 Å². The molecule has 0 bridgehead atoms. The lowest BCUT2D eigenvalue weighted by molar-refractivity contribution is -0.137. The van der Waals surface area contributed by atoms with Crippen molar-refractivity contribution in [3.8, 4) is 0 Å². The monoisotopic (exact) mass is 426 g/mol. The van der Waals surface area contributed by atoms with Crippen LogP contribution in [0.5, 0.6) is 0 Å². The van der Waals surface area contributed by atoms with Gasteiger partial charge in [0.25, 0.3) is 5.91 Å². The van der Waals surface area contributed by atoms with Crippen LogP contribution < -0.4 is 10.7 Å². The van der Waals surface area contributed by atoms with Gasteiger partial charge in [-0.2, -0.15) is 13.2 Å². The van der Waals surface area contributed by atoms with Crippen molar-refractivity contribution in [2.45, 2.75) is 6.18 Å². The van der Waals surface area contributed by atoms with Crippen LogP contribution in [0.25, 0.3) is 11.0 Å². The molecule has 0 spiro atoms. The fourth-order valence-electron chi connectivity index (χ4n) is 2.26. The highest BCUT2D eigenvalue weighted by Crippen LogP contribution is 2.32. The van der Waals surface area contributed by atoms with Crippen molar-refractivity contribution in [3.63, 3.8) is 0 Å². The molecule has 0 unspecified atom stereocenters. The fraction of sp³-hybridized carbons (Fsp3) is 0.111. The number of carbonyl (C=O) groups is 2. The zero-order chi connectivity index (χ0) is 21.2. The number of hydrogen-bond acceptors (Lipinski definition) is 6. The Morgan fingerprint density at radius 1 is 1.21 bits per heavy atom. The summed E-state index contributed by atoms with van der Waals surface area (Å²) in [5, 5.41) is 1.94. The molecule has 3 rings (SSSR count). The summed E-state index contributed by atoms with van der Waals surface area (Å²) in [6, 6.07) is 7.76. The van der Waals surface area contributed by atoms with E-state index < -0.39 is 46.4 Å². The van der Waals surface area contributed by atoms with Gasteiger partial charge in [-0.3, -0.25) is 9.59 Å². The van der Waals surface area contributed by atoms with Crippen LogP contribution in [0.15, 0.2) is 51.8 Å². The minimum Gasteiger partial charge on any atom is -0.450 e. The Balaban J connectivity index is 1.65. The lowest BCUT2D eigenvalue weighted by atomic mass is 10.2. The van der Waals surface area contributed by atoms with E-state index in [-0.39, 0.29) is 16.8 Å². The topological polar surface area (TPSA) is 98.5 Å². The molecular formula is C18H10ClF3N2O5. The van der Waals surface area contributed by atoms with Gasteiger partial charge in [-0.15, -0.1) is 0 Å². The number of anilines is 1. The van der Waals surface area contributed by atoms with Crippen molar-refractivity contribution in [2.75, 3.05) is 11.9 Å². The Morgan fingerprint density at radius 3 is 2.62 bits per heavy atom. The van der Waals surface area contributed by atoms with Gasteiger partial charge in [0, 0.05) is 12.3 Å². The summed E-state index contributed by atoms with van der Waals surface area (Å²) in [4.78, 5) is 39.3. The van der Waals surface area contributed by atoms with Gasteiger partial charge in [0.1, 0.15) is 5.58 Å². The number of alkyl halides is 3. The average Bonchev–Trinajstić information content (AvgIpc) is 2.67. The third-order valence-corrected chi connectivity index (χ3v) is 3.88. The van der Waals surface area contributed by atoms with E-state index in [1.807, 2.05) is 0 Å². The summed E-state index contributed by atoms with van der Waals surface area (Å²) < 4.78 is 47.8. The second kappa shape index (κ2) is 7.92. The Bertz CT molecular complexity index is 1160. The number of aromatic nitrogens is 1. The first-order valence-electron chi connectivity index (χ1n) is 7.88. The summed E-state index contributed by atoms with van der Waals surface area (Å²) in [6.45, 7) is -0.811. The molecule has 1 aromatic carbocycles. The zero-order valence-electron chi connectivity index (χ0n) is 14.2. The van der Waals surface area contributed by atoms with Gasteiger partial charge in [-0.25, -0.2) is 9.78 Å². The second-order valence-electron chi connectivity index (χ2n) is 5.65. The molecule has 3 aromatic rings. The van der Waals surface area contributed by atoms with Gasteiger partial charge in [0.2, 0.25) is 5.76 Å². The number of benzene rings is 1. The molecule has 1 N–H and O–H groups in total. The number of fused-ring (bicyclic) bond motifs is 1. The lowest BCUT2D eigenvalue weighted by Crippen LogP contribution is -2.22. The third kappa shape index (κ3) is 4.72. The van der Waals surface area contributed by atoms with Crippen LogP contribution in [0, 0.1) is 0 Å². The molecule has 11 heteroatoms. The van der Waals surface area contributed by atoms with Crippen molar-refractivity contribution in [2.24, 2.45) is 0 Å². The maximum atomic E-state index is 12.6. The minimum atomic E-state index is -4.64. The maximum Gasteiger partial charge on any atom is 0.417 e. The Morgan fingerprint density at radius 2 is 1.93 bits per heavy atom. The number of rotatable bonds is 4. The SMILES string of the molecule is O=C(COC(=O)c1cc(=O)c2ccccc2o1)Nc1ncc(C(F)(F)F)cc1Cl. The number of carbonyl (C=O) groups excluding carboxylic acids is 2. The molecule has 0 radical (unpaired) electrons. The second-order valence-corrected chi connectivity index (χ2v) is 6.05. The largest absolute Gasteiger partial charge is 0.450 e. The predicted molar refractivity (Wildman–Crippen MR) is 95.6 cm³/mol. The van der Waals surface area contributed by atoms with Crippen molar-refractivity contribution in [1.82, 2.24) is 4.98 Å². The van der Waals surface area contributed by atoms with E-state index in [0.29, 0.717) is 12.3 Å². The van der Waals surface area contributed by atoms with Crippen LogP contribution in [-0.4, -0.2) is 23.5 Å². The normalized spacial score (nSPS) is 11.3. The Labute approximate surface area is 165 Å². The van der Waals surface area contributed by atoms with E-state index in [0.717, 1.165) is 6.07 Å². The predicted octanol–water partition coefficient (Wildman–Crippen LogP) is 3.66. The van der Waals surface area contributed by atoms with Crippen LogP contribution >= 0.6 is 11.6 Å². The summed E-state index contributed by atoms with van der Waals surface area (Å²) >= 11 is 5.68. The van der Waals surface area contributed by atoms with Crippen molar-refractivity contribution >= 4 is 40.3 Å². The zero-order valence-corrected chi connectivity index (χ0v) is 15.0. The molecule has 150 valence electrons. The summed E-state index contributed by atoms with van der Waals surface area (Å²) in [5.41, 5.74) is -1.39. The number of amides is 1. The molecule has 0 saturated heterocycles. The van der Waals surface area contributed by atoms with Gasteiger partial charge < -0.3 is 14.5 Å². The number of para-hydroxylation sites is 1. The molecule has 1 amide bonds. The molecule has 0 aliphatic rings. The van der Waals surface area contributed by atoms with Gasteiger partial charge >= 0.3 is 12.1 Å². The first kappa shape index (κ1) is 20.3. The number of esters is 1. The quantitative estimate of drug-likeness (QED) is 0.639. The van der Waals surface area contributed by atoms with Crippen molar-refractivity contribution < 1.29 is 31.9 Å². The number of halogens is 4. The number of hydrogen-bond donors (Lipinski definition) is 1. The summed E-state index contributed by atoms with van der Waals surface area (Å²) in [7, 11) is 0. The minimum absolute atomic E-state index is 0.164. The highest BCUT2D eigenvalue weighted by atomic mass is 35.5. The van der Waals surface area contributed by atoms with E-state index in [9.17, 15) is 27.6 Å². The molecule has 0 fully saturated rings. The van der Waals surface area contributed by atoms with Crippen LogP contribution in [0.2, 0.25) is 5.02 Å². The molecular weight excluding hydrogens is 417 g/mol. The molecule has 2 aromatic heterocycles. The number of nitrogens with one attached hydrogen (secondary N) is 1. The summed E-state index contributed by atoms with van der Waals surface area (Å²) in [5.74, 6) is -2.73. The first-order chi connectivity index (χ1) is 13.6. The third-order valence-electron chi connectivity index (χ3n) is 3.60. The van der Waals surface area contributed by atoms with E-state index in [1.54, 1.807) is 12.1 Å². The molecule has 2 heterocycles. The summed E-state index contributed by atoms with van der Waals surface area (Å²) in [6.07, 6.45) is -4.14. The average molecular weight is 427 g/mol. The van der Waals surface area contributed by atoms with Gasteiger partial charge in [-0.1, -0.05) is 23.7 Å². The maximum absolute atomic E-state index is 12.6. The molecule has 0 aliphatic heterocycles. The molecule has 0 atom stereocenters. The smallest absolute Gasteiger partial charge is 0.417 e. The number of nitrogens with zero attached hydrogens (tertiary/aromatic N) is 1.